The zero-order chi connectivity index (χ0) is 24.1. The van der Waals surface area contributed by atoms with Crippen molar-refractivity contribution in [1.29, 1.82) is 0 Å². The van der Waals surface area contributed by atoms with E-state index in [1.807, 2.05) is 25.1 Å². The van der Waals surface area contributed by atoms with Gasteiger partial charge >= 0.3 is 5.97 Å². The van der Waals surface area contributed by atoms with Crippen LogP contribution in [-0.2, 0) is 16.0 Å². The molecule has 0 bridgehead atoms. The number of amides is 3. The highest BCUT2D eigenvalue weighted by Crippen LogP contribution is 2.30. The second kappa shape index (κ2) is 10.4. The molecule has 0 unspecified atom stereocenters. The van der Waals surface area contributed by atoms with Crippen molar-refractivity contribution >= 4 is 23.7 Å². The van der Waals surface area contributed by atoms with Crippen molar-refractivity contribution in [3.63, 3.8) is 0 Å². The SMILES string of the molecule is CCCCN1C(=O)c2ccc(C(=O)OCC(=O)NCCc3ccc4c(c3)OCCO4)cc2C1=O. The van der Waals surface area contributed by atoms with Gasteiger partial charge in [-0.2, -0.15) is 0 Å². The van der Waals surface area contributed by atoms with E-state index in [1.165, 1.54) is 23.1 Å². The average Bonchev–Trinajstić information content (AvgIpc) is 3.09. The molecule has 0 fully saturated rings. The molecule has 4 rings (SSSR count). The standard InChI is InChI=1S/C25H26N2O7/c1-2-3-10-27-23(29)18-6-5-17(14-19(18)24(27)30)25(31)34-15-22(28)26-9-8-16-4-7-20-21(13-16)33-12-11-32-20/h4-7,13-14H,2-3,8-12,15H2,1H3,(H,26,28). The molecular formula is C25H26N2O7. The molecule has 34 heavy (non-hydrogen) atoms. The van der Waals surface area contributed by atoms with E-state index < -0.39 is 24.4 Å². The fourth-order valence-electron chi connectivity index (χ4n) is 3.79. The topological polar surface area (TPSA) is 111 Å². The third-order valence-corrected chi connectivity index (χ3v) is 5.62. The molecule has 178 valence electrons. The summed E-state index contributed by atoms with van der Waals surface area (Å²) in [6.07, 6.45) is 2.14. The van der Waals surface area contributed by atoms with E-state index in [-0.39, 0.29) is 22.6 Å². The van der Waals surface area contributed by atoms with E-state index >= 15 is 0 Å². The van der Waals surface area contributed by atoms with Gasteiger partial charge in [-0.3, -0.25) is 19.3 Å². The van der Waals surface area contributed by atoms with Crippen molar-refractivity contribution < 1.29 is 33.4 Å². The number of nitrogens with one attached hydrogen (secondary N) is 1. The summed E-state index contributed by atoms with van der Waals surface area (Å²) in [7, 11) is 0. The lowest BCUT2D eigenvalue weighted by molar-refractivity contribution is -0.124. The number of hydrogen-bond acceptors (Lipinski definition) is 7. The summed E-state index contributed by atoms with van der Waals surface area (Å²) in [5.74, 6) is -0.559. The van der Waals surface area contributed by atoms with E-state index in [4.69, 9.17) is 14.2 Å². The van der Waals surface area contributed by atoms with Gasteiger partial charge in [0.05, 0.1) is 16.7 Å². The quantitative estimate of drug-likeness (QED) is 0.446. The lowest BCUT2D eigenvalue weighted by atomic mass is 10.1. The normalized spacial score (nSPS) is 14.1. The molecule has 0 atom stereocenters. The lowest BCUT2D eigenvalue weighted by Crippen LogP contribution is -2.30. The number of rotatable bonds is 9. The van der Waals surface area contributed by atoms with Crippen molar-refractivity contribution in [2.75, 3.05) is 32.9 Å². The van der Waals surface area contributed by atoms with Crippen molar-refractivity contribution in [3.05, 3.63) is 58.7 Å². The van der Waals surface area contributed by atoms with Crippen LogP contribution in [0, 0.1) is 0 Å². The van der Waals surface area contributed by atoms with Crippen LogP contribution in [0.15, 0.2) is 36.4 Å². The largest absolute Gasteiger partial charge is 0.486 e. The van der Waals surface area contributed by atoms with Gasteiger partial charge in [-0.25, -0.2) is 4.79 Å². The van der Waals surface area contributed by atoms with Gasteiger partial charge in [-0.1, -0.05) is 19.4 Å². The summed E-state index contributed by atoms with van der Waals surface area (Å²) in [5, 5.41) is 2.70. The van der Waals surface area contributed by atoms with Crippen LogP contribution in [0.5, 0.6) is 11.5 Å². The Balaban J connectivity index is 1.26. The average molecular weight is 466 g/mol. The van der Waals surface area contributed by atoms with Gasteiger partial charge in [0.15, 0.2) is 18.1 Å². The molecule has 1 N–H and O–H groups in total. The predicted molar refractivity (Wildman–Crippen MR) is 121 cm³/mol. The van der Waals surface area contributed by atoms with Crippen molar-refractivity contribution in [1.82, 2.24) is 10.2 Å². The highest BCUT2D eigenvalue weighted by Gasteiger charge is 2.35. The summed E-state index contributed by atoms with van der Waals surface area (Å²) in [4.78, 5) is 50.6. The molecule has 2 aliphatic heterocycles. The highest BCUT2D eigenvalue weighted by molar-refractivity contribution is 6.22. The second-order valence-corrected chi connectivity index (χ2v) is 8.03. The highest BCUT2D eigenvalue weighted by atomic mass is 16.6. The van der Waals surface area contributed by atoms with Gasteiger partial charge in [0.2, 0.25) is 0 Å². The number of nitrogens with zero attached hydrogens (tertiary/aromatic N) is 1. The number of imide groups is 1. The van der Waals surface area contributed by atoms with Gasteiger partial charge in [0.25, 0.3) is 17.7 Å². The minimum Gasteiger partial charge on any atom is -0.486 e. The monoisotopic (exact) mass is 466 g/mol. The van der Waals surface area contributed by atoms with Gasteiger partial charge in [-0.05, 0) is 48.7 Å². The number of benzene rings is 2. The van der Waals surface area contributed by atoms with Crippen LogP contribution >= 0.6 is 0 Å². The van der Waals surface area contributed by atoms with Gasteiger partial charge in [0, 0.05) is 13.1 Å². The number of carbonyl (C=O) groups is 4. The van der Waals surface area contributed by atoms with Crippen LogP contribution in [-0.4, -0.2) is 61.5 Å². The molecule has 2 aromatic carbocycles. The smallest absolute Gasteiger partial charge is 0.338 e. The Bertz CT molecular complexity index is 1130. The van der Waals surface area contributed by atoms with Crippen LogP contribution in [0.25, 0.3) is 0 Å². The summed E-state index contributed by atoms with van der Waals surface area (Å²) < 4.78 is 16.1. The molecule has 3 amide bonds. The van der Waals surface area contributed by atoms with Crippen LogP contribution < -0.4 is 14.8 Å². The molecule has 2 aromatic rings. The molecule has 9 heteroatoms. The maximum atomic E-state index is 12.5. The first-order valence-corrected chi connectivity index (χ1v) is 11.3. The number of carbonyl (C=O) groups excluding carboxylic acids is 4. The number of hydrogen-bond donors (Lipinski definition) is 1. The number of esters is 1. The Labute approximate surface area is 197 Å². The van der Waals surface area contributed by atoms with E-state index in [9.17, 15) is 19.2 Å². The molecule has 0 radical (unpaired) electrons. The third kappa shape index (κ3) is 5.03. The van der Waals surface area contributed by atoms with Crippen molar-refractivity contribution in [2.45, 2.75) is 26.2 Å². The van der Waals surface area contributed by atoms with E-state index in [0.717, 1.165) is 12.0 Å². The van der Waals surface area contributed by atoms with E-state index in [2.05, 4.69) is 5.32 Å². The van der Waals surface area contributed by atoms with Crippen LogP contribution in [0.3, 0.4) is 0 Å². The molecule has 0 aliphatic carbocycles. The Hall–Kier alpha value is -3.88. The number of unbranched alkanes of at least 4 members (excludes halogenated alkanes) is 1. The fraction of sp³-hybridized carbons (Fsp3) is 0.360. The Morgan fingerprint density at radius 3 is 2.56 bits per heavy atom. The summed E-state index contributed by atoms with van der Waals surface area (Å²) in [6.45, 7) is 3.25. The Morgan fingerprint density at radius 2 is 1.76 bits per heavy atom. The van der Waals surface area contributed by atoms with Gasteiger partial charge in [-0.15, -0.1) is 0 Å². The van der Waals surface area contributed by atoms with Crippen molar-refractivity contribution in [2.24, 2.45) is 0 Å². The maximum absolute atomic E-state index is 12.5. The predicted octanol–water partition coefficient (Wildman–Crippen LogP) is 2.37. The Morgan fingerprint density at radius 1 is 1.00 bits per heavy atom. The van der Waals surface area contributed by atoms with Crippen LogP contribution in [0.4, 0.5) is 0 Å². The first-order chi connectivity index (χ1) is 16.5. The fourth-order valence-corrected chi connectivity index (χ4v) is 3.79. The Kier molecular flexibility index (Phi) is 7.10. The first kappa shape index (κ1) is 23.3. The molecule has 0 aromatic heterocycles. The van der Waals surface area contributed by atoms with Gasteiger partial charge in [0.1, 0.15) is 13.2 Å². The molecular weight excluding hydrogens is 440 g/mol. The van der Waals surface area contributed by atoms with E-state index in [0.29, 0.717) is 50.6 Å². The molecule has 2 heterocycles. The molecule has 2 aliphatic rings. The molecule has 0 spiro atoms. The molecule has 9 nitrogen and oxygen atoms in total. The van der Waals surface area contributed by atoms with Crippen LogP contribution in [0.2, 0.25) is 0 Å². The van der Waals surface area contributed by atoms with Gasteiger partial charge < -0.3 is 19.5 Å². The first-order valence-electron chi connectivity index (χ1n) is 11.3. The minimum absolute atomic E-state index is 0.112. The zero-order valence-electron chi connectivity index (χ0n) is 18.9. The minimum atomic E-state index is -0.739. The number of fused-ring (bicyclic) bond motifs is 2. The molecule has 0 saturated carbocycles. The lowest BCUT2D eigenvalue weighted by Gasteiger charge is -2.18. The van der Waals surface area contributed by atoms with E-state index in [1.54, 1.807) is 0 Å². The summed E-state index contributed by atoms with van der Waals surface area (Å²) in [5.41, 5.74) is 1.54. The summed E-state index contributed by atoms with van der Waals surface area (Å²) >= 11 is 0. The maximum Gasteiger partial charge on any atom is 0.338 e. The molecule has 0 saturated heterocycles. The zero-order valence-corrected chi connectivity index (χ0v) is 18.9. The third-order valence-electron chi connectivity index (χ3n) is 5.62. The summed E-state index contributed by atoms with van der Waals surface area (Å²) in [6, 6.07) is 9.85. The van der Waals surface area contributed by atoms with Crippen molar-refractivity contribution in [3.8, 4) is 11.5 Å². The second-order valence-electron chi connectivity index (χ2n) is 8.03. The van der Waals surface area contributed by atoms with Crippen LogP contribution in [0.1, 0.15) is 56.4 Å². The number of ether oxygens (including phenoxy) is 3.